The summed E-state index contributed by atoms with van der Waals surface area (Å²) in [6, 6.07) is 20.2. The largest absolute Gasteiger partial charge is 0.484 e. The van der Waals surface area contributed by atoms with Crippen LogP contribution < -0.4 is 50.8 Å². The van der Waals surface area contributed by atoms with Crippen molar-refractivity contribution in [2.45, 2.75) is 209 Å². The summed E-state index contributed by atoms with van der Waals surface area (Å²) in [4.78, 5) is 96.8. The van der Waals surface area contributed by atoms with Crippen LogP contribution in [0.2, 0.25) is 15.1 Å². The molecule has 5 aromatic heterocycles. The van der Waals surface area contributed by atoms with Gasteiger partial charge in [-0.05, 0) is 228 Å². The first-order chi connectivity index (χ1) is 58.1. The zero-order chi connectivity index (χ0) is 88.0. The molecule has 12 aliphatic carbocycles. The molecule has 21 rings (SSSR count). The molecule has 123 heavy (non-hydrogen) atoms. The summed E-state index contributed by atoms with van der Waals surface area (Å²) in [6.45, 7) is 16.3. The Morgan fingerprint density at radius 1 is 0.545 bits per heavy atom. The third-order valence-corrected chi connectivity index (χ3v) is 25.8. The van der Waals surface area contributed by atoms with Crippen molar-refractivity contribution in [3.05, 3.63) is 212 Å². The van der Waals surface area contributed by atoms with E-state index < -0.39 is 45.8 Å². The lowest BCUT2D eigenvalue weighted by Gasteiger charge is -2.70. The van der Waals surface area contributed by atoms with Crippen molar-refractivity contribution < 1.29 is 88.6 Å². The topological polar surface area (TPSA) is 349 Å². The molecular weight excluding hydrogens is 1660 g/mol. The molecule has 7 N–H and O–H groups in total. The van der Waals surface area contributed by atoms with E-state index in [1.54, 1.807) is 74.8 Å². The van der Waals surface area contributed by atoms with Crippen LogP contribution in [0, 0.1) is 73.5 Å². The van der Waals surface area contributed by atoms with E-state index in [1.807, 2.05) is 36.8 Å². The van der Waals surface area contributed by atoms with Gasteiger partial charge in [0.15, 0.2) is 61.1 Å². The molecule has 0 aliphatic heterocycles. The minimum atomic E-state index is -1.04. The molecule has 12 fully saturated rings. The quantitative estimate of drug-likeness (QED) is 0.0143. The van der Waals surface area contributed by atoms with Crippen LogP contribution in [0.25, 0.3) is 5.65 Å². The predicted molar refractivity (Wildman–Crippen MR) is 440 cm³/mol. The molecule has 0 radical (unpaired) electrons. The third-order valence-electron chi connectivity index (χ3n) is 24.8. The molecule has 35 heteroatoms. The van der Waals surface area contributed by atoms with Crippen molar-refractivity contribution in [1.29, 1.82) is 0 Å². The average molecular weight is 1760 g/mol. The number of ether oxygens (including phenoxy) is 4. The fourth-order valence-electron chi connectivity index (χ4n) is 19.3. The molecule has 6 amide bonds. The number of hydrogen-bond acceptors (Lipinski definition) is 19. The second kappa shape index (κ2) is 34.6. The minimum Gasteiger partial charge on any atom is -0.484 e. The monoisotopic (exact) mass is 1760 g/mol. The molecule has 12 saturated carbocycles. The number of amides is 6. The standard InChI is InChI=1S/C23H27Cl2N3O4.C22H25F2N3O4.C22H23F2N3O4.C21H20ClFN4O2/c1-14-6-18(28(27-14)13-21(2,3)31)19(29)8-22-10-23(11-22,12-22)26-20(30)9-32-15-4-5-16(24)17(25)7-15;2*1-13-11-21(26-20(29)18-9-14(2)27-31-18)5-7-22(13,8-6-21)25-19(28)12-30-15-3-4-16(23)17(24)10-15;1-13-8-27-5-4-24-17(19(27)25-13)7-20-10-21(11-20,12-20)26-18(28)9-29-14-2-3-15(22)16(23)6-14/h4-7,31H,8-13H2,1-3H3,(H,26,30);3-4,9-10,13H,5-8,11-12H2,1-2H3,(H,25,28)(H,26,29);3-4,9-10H,1,5-8,11-12H2,2H3,(H,25,28)(H,26,29);2-6,8H,7,9-12H2,1H3,(H,26,28). The number of carbonyl (C=O) groups excluding carboxylic acids is 7. The van der Waals surface area contributed by atoms with Gasteiger partial charge in [0.1, 0.15) is 34.5 Å². The smallest absolute Gasteiger partial charge is 0.290 e. The molecule has 1 atom stereocenters. The van der Waals surface area contributed by atoms with Crippen LogP contribution in [0.4, 0.5) is 22.0 Å². The Labute approximate surface area is 720 Å². The number of hydrogen-bond donors (Lipinski definition) is 7. The van der Waals surface area contributed by atoms with Gasteiger partial charge in [-0.15, -0.1) is 0 Å². The number of nitrogens with zero attached hydrogens (tertiary/aromatic N) is 7. The summed E-state index contributed by atoms with van der Waals surface area (Å²) < 4.78 is 101. The first kappa shape index (κ1) is 88.4. The highest BCUT2D eigenvalue weighted by Crippen LogP contribution is 2.70. The third kappa shape index (κ3) is 20.1. The fourth-order valence-corrected chi connectivity index (χ4v) is 19.7. The lowest BCUT2D eigenvalue weighted by Crippen LogP contribution is -2.75. The second-order valence-corrected chi connectivity index (χ2v) is 36.7. The molecule has 27 nitrogen and oxygen atoms in total. The number of imidazole rings is 1. The number of ketones is 1. The van der Waals surface area contributed by atoms with Crippen molar-refractivity contribution in [2.75, 3.05) is 26.4 Å². The van der Waals surface area contributed by atoms with E-state index in [0.717, 1.165) is 130 Å². The van der Waals surface area contributed by atoms with Crippen LogP contribution >= 0.6 is 34.8 Å². The van der Waals surface area contributed by atoms with Crippen LogP contribution in [0.15, 0.2) is 131 Å². The van der Waals surface area contributed by atoms with Crippen LogP contribution in [0.1, 0.15) is 190 Å². The zero-order valence-corrected chi connectivity index (χ0v) is 71.1. The Kier molecular flexibility index (Phi) is 24.9. The number of nitrogens with one attached hydrogen (secondary N) is 6. The number of rotatable bonds is 27. The summed E-state index contributed by atoms with van der Waals surface area (Å²) in [5, 5.41) is 41.2. The predicted octanol–water partition coefficient (Wildman–Crippen LogP) is 13.9. The number of Topliss-reactive ketones (excluding diaryl/α,β-unsaturated/α-hetero) is 1. The van der Waals surface area contributed by atoms with Gasteiger partial charge < -0.3 is 69.4 Å². The summed E-state index contributed by atoms with van der Waals surface area (Å²) >= 11 is 17.5. The van der Waals surface area contributed by atoms with Crippen LogP contribution in [0.5, 0.6) is 23.0 Å². The Morgan fingerprint density at radius 3 is 1.51 bits per heavy atom. The van der Waals surface area contributed by atoms with Gasteiger partial charge in [0.2, 0.25) is 11.5 Å². The van der Waals surface area contributed by atoms with Gasteiger partial charge in [-0.2, -0.15) is 5.10 Å². The van der Waals surface area contributed by atoms with Crippen molar-refractivity contribution >= 4 is 81.7 Å². The first-order valence-corrected chi connectivity index (χ1v) is 41.6. The molecule has 4 aromatic carbocycles. The summed E-state index contributed by atoms with van der Waals surface area (Å²) in [6.07, 6.45) is 18.9. The van der Waals surface area contributed by atoms with Gasteiger partial charge in [-0.1, -0.05) is 58.6 Å². The summed E-state index contributed by atoms with van der Waals surface area (Å²) in [5.41, 5.74) is 3.40. The van der Waals surface area contributed by atoms with E-state index in [0.29, 0.717) is 71.4 Å². The lowest BCUT2D eigenvalue weighted by atomic mass is 9.38. The van der Waals surface area contributed by atoms with E-state index in [1.165, 1.54) is 24.3 Å². The van der Waals surface area contributed by atoms with Crippen molar-refractivity contribution in [1.82, 2.24) is 66.4 Å². The number of aromatic nitrogens is 7. The second-order valence-electron chi connectivity index (χ2n) is 35.4. The Bertz CT molecular complexity index is 5550. The number of carbonyl (C=O) groups is 7. The highest BCUT2D eigenvalue weighted by molar-refractivity contribution is 6.42. The molecule has 652 valence electrons. The maximum absolute atomic E-state index is 13.4. The van der Waals surface area contributed by atoms with Crippen LogP contribution in [-0.2, 0) is 32.1 Å². The van der Waals surface area contributed by atoms with Crippen LogP contribution in [-0.4, -0.2) is 146 Å². The zero-order valence-electron chi connectivity index (χ0n) is 68.8. The van der Waals surface area contributed by atoms with Gasteiger partial charge in [-0.3, -0.25) is 43.2 Å². The fraction of sp³-hybridized carbons (Fsp3) is 0.455. The van der Waals surface area contributed by atoms with Gasteiger partial charge >= 0.3 is 0 Å². The van der Waals surface area contributed by atoms with Crippen molar-refractivity contribution in [3.8, 4) is 23.0 Å². The molecule has 1 unspecified atom stereocenters. The molecule has 9 aromatic rings. The number of halogens is 8. The highest BCUT2D eigenvalue weighted by atomic mass is 35.5. The number of aliphatic hydroxyl groups is 1. The lowest BCUT2D eigenvalue weighted by molar-refractivity contribution is -0.166. The van der Waals surface area contributed by atoms with Gasteiger partial charge in [-0.25, -0.2) is 26.9 Å². The van der Waals surface area contributed by atoms with E-state index in [2.05, 4.69) is 70.8 Å². The number of fused-ring (bicyclic) bond motifs is 7. The van der Waals surface area contributed by atoms with Crippen molar-refractivity contribution in [2.24, 2.45) is 16.7 Å². The molecule has 8 bridgehead atoms. The van der Waals surface area contributed by atoms with E-state index in [9.17, 15) is 60.6 Å². The van der Waals surface area contributed by atoms with Crippen molar-refractivity contribution in [3.63, 3.8) is 0 Å². The van der Waals surface area contributed by atoms with Gasteiger partial charge in [0.05, 0.1) is 61.2 Å². The Hall–Kier alpha value is -11.0. The minimum absolute atomic E-state index is 0.0247. The maximum Gasteiger partial charge on any atom is 0.290 e. The molecule has 0 saturated heterocycles. The normalized spacial score (nSPS) is 25.0. The van der Waals surface area contributed by atoms with Gasteiger partial charge in [0, 0.05) is 89.1 Å². The van der Waals surface area contributed by atoms with Crippen LogP contribution in [0.3, 0.4) is 0 Å². The van der Waals surface area contributed by atoms with E-state index in [4.69, 9.17) is 62.8 Å². The molecule has 5 heterocycles. The van der Waals surface area contributed by atoms with Gasteiger partial charge in [0.25, 0.3) is 35.4 Å². The SMILES string of the molecule is C=C1CC2(NC(=O)c3cc(C)no3)CCC1(NC(=O)COc1ccc(F)c(F)c1)CC2.Cc1cc(C(=O)CC23CC(NC(=O)COc4ccc(Cl)c(Cl)c4)(C2)C3)n(CC(C)(C)O)n1.Cc1cc(C(=O)NC23CCC(NC(=O)COc4ccc(F)c(F)c4)(CC2)C(C)C3)on1.Cc1cn2ccnc(CC34CC(NC(=O)COc5ccc(Cl)c(F)c5)(C3)C4)c2n1. The van der Waals surface area contributed by atoms with E-state index in [-0.39, 0.29) is 147 Å². The molecular formula is C88H95Cl3F5N13O14. The average Bonchev–Trinajstić information content (AvgIpc) is 0.721. The Balaban J connectivity index is 0.000000134. The maximum atomic E-state index is 13.4. The number of benzene rings is 4. The molecule has 12 aliphatic rings. The number of aryl methyl sites for hydroxylation is 4. The molecule has 0 spiro atoms. The van der Waals surface area contributed by atoms with E-state index >= 15 is 0 Å². The summed E-state index contributed by atoms with van der Waals surface area (Å²) in [5.74, 6) is -4.79. The highest BCUT2D eigenvalue weighted by Gasteiger charge is 2.70. The first-order valence-electron chi connectivity index (χ1n) is 40.5. The Morgan fingerprint density at radius 2 is 1.02 bits per heavy atom. The summed E-state index contributed by atoms with van der Waals surface area (Å²) in [7, 11) is 0.